The number of para-hydroxylation sites is 1. The van der Waals surface area contributed by atoms with Gasteiger partial charge in [0.15, 0.2) is 0 Å². The van der Waals surface area contributed by atoms with E-state index < -0.39 is 5.41 Å². The van der Waals surface area contributed by atoms with E-state index in [9.17, 15) is 9.59 Å². The second kappa shape index (κ2) is 6.87. The molecule has 1 atom stereocenters. The SMILES string of the molecule is CC1Cc2ccccc2N1C(=O)C1(C(=O)N2CCN(c3ccccn3)CC2)CC1. The quantitative estimate of drug-likeness (QED) is 0.756. The van der Waals surface area contributed by atoms with Crippen LogP contribution in [0.3, 0.4) is 0 Å². The van der Waals surface area contributed by atoms with Crippen molar-refractivity contribution in [1.29, 1.82) is 0 Å². The van der Waals surface area contributed by atoms with Gasteiger partial charge in [-0.25, -0.2) is 4.98 Å². The number of aromatic nitrogens is 1. The number of hydrogen-bond acceptors (Lipinski definition) is 4. The lowest BCUT2D eigenvalue weighted by Gasteiger charge is -2.37. The zero-order valence-electron chi connectivity index (χ0n) is 16.8. The van der Waals surface area contributed by atoms with Gasteiger partial charge in [-0.15, -0.1) is 0 Å². The van der Waals surface area contributed by atoms with Crippen molar-refractivity contribution in [1.82, 2.24) is 9.88 Å². The Balaban J connectivity index is 1.30. The van der Waals surface area contributed by atoms with Crippen molar-refractivity contribution in [3.63, 3.8) is 0 Å². The van der Waals surface area contributed by atoms with E-state index in [-0.39, 0.29) is 17.9 Å². The van der Waals surface area contributed by atoms with Gasteiger partial charge in [0, 0.05) is 44.1 Å². The molecule has 2 aliphatic heterocycles. The van der Waals surface area contributed by atoms with E-state index in [0.29, 0.717) is 25.9 Å². The van der Waals surface area contributed by atoms with Gasteiger partial charge in [0.05, 0.1) is 0 Å². The minimum Gasteiger partial charge on any atom is -0.353 e. The third-order valence-corrected chi connectivity index (χ3v) is 6.53. The van der Waals surface area contributed by atoms with E-state index >= 15 is 0 Å². The third kappa shape index (κ3) is 2.98. The number of carbonyl (C=O) groups excluding carboxylic acids is 2. The van der Waals surface area contributed by atoms with Crippen LogP contribution in [-0.2, 0) is 16.0 Å². The van der Waals surface area contributed by atoms with Crippen molar-refractivity contribution >= 4 is 23.3 Å². The van der Waals surface area contributed by atoms with Crippen LogP contribution in [0.5, 0.6) is 0 Å². The molecule has 2 fully saturated rings. The van der Waals surface area contributed by atoms with Crippen molar-refractivity contribution in [2.75, 3.05) is 36.0 Å². The minimum absolute atomic E-state index is 0.00731. The average Bonchev–Trinajstić information content (AvgIpc) is 3.51. The Labute approximate surface area is 171 Å². The molecule has 6 heteroatoms. The third-order valence-electron chi connectivity index (χ3n) is 6.53. The lowest BCUT2D eigenvalue weighted by Crippen LogP contribution is -2.54. The predicted octanol–water partition coefficient (Wildman–Crippen LogP) is 2.49. The minimum atomic E-state index is -0.848. The van der Waals surface area contributed by atoms with Crippen LogP contribution >= 0.6 is 0 Å². The number of benzene rings is 1. The Kier molecular flexibility index (Phi) is 4.30. The molecule has 6 nitrogen and oxygen atoms in total. The van der Waals surface area contributed by atoms with E-state index in [1.165, 1.54) is 5.56 Å². The van der Waals surface area contributed by atoms with Crippen LogP contribution in [0, 0.1) is 5.41 Å². The Morgan fingerprint density at radius 2 is 1.69 bits per heavy atom. The highest BCUT2D eigenvalue weighted by Gasteiger charge is 2.60. The molecule has 1 saturated heterocycles. The number of hydrogen-bond donors (Lipinski definition) is 0. The standard InChI is InChI=1S/C23H26N4O2/c1-17-16-18-6-2-3-7-19(18)27(17)22(29)23(9-10-23)21(28)26-14-12-25(13-15-26)20-8-4-5-11-24-20/h2-8,11,17H,9-10,12-16H2,1H3. The summed E-state index contributed by atoms with van der Waals surface area (Å²) in [5.74, 6) is 0.950. The number of piperazine rings is 1. The largest absolute Gasteiger partial charge is 0.353 e. The maximum absolute atomic E-state index is 13.5. The van der Waals surface area contributed by atoms with Crippen LogP contribution in [0.15, 0.2) is 48.7 Å². The molecule has 2 amide bonds. The van der Waals surface area contributed by atoms with Crippen LogP contribution in [0.25, 0.3) is 0 Å². The molecule has 3 aliphatic rings. The molecule has 1 aliphatic carbocycles. The summed E-state index contributed by atoms with van der Waals surface area (Å²) in [7, 11) is 0. The van der Waals surface area contributed by atoms with Crippen LogP contribution in [0.1, 0.15) is 25.3 Å². The fraction of sp³-hybridized carbons (Fsp3) is 0.435. The van der Waals surface area contributed by atoms with Gasteiger partial charge in [0.2, 0.25) is 11.8 Å². The van der Waals surface area contributed by atoms with Crippen LogP contribution in [0.2, 0.25) is 0 Å². The second-order valence-corrected chi connectivity index (χ2v) is 8.41. The van der Waals surface area contributed by atoms with Crippen LogP contribution < -0.4 is 9.80 Å². The highest BCUT2D eigenvalue weighted by atomic mass is 16.2. The number of carbonyl (C=O) groups is 2. The van der Waals surface area contributed by atoms with Gasteiger partial charge in [0.25, 0.3) is 0 Å². The maximum atomic E-state index is 13.5. The molecule has 2 aromatic rings. The molecule has 29 heavy (non-hydrogen) atoms. The molecule has 1 unspecified atom stereocenters. The number of nitrogens with zero attached hydrogens (tertiary/aromatic N) is 4. The van der Waals surface area contributed by atoms with E-state index in [1.54, 1.807) is 6.20 Å². The number of pyridine rings is 1. The summed E-state index contributed by atoms with van der Waals surface area (Å²) in [6.07, 6.45) is 3.97. The molecular formula is C23H26N4O2. The second-order valence-electron chi connectivity index (χ2n) is 8.41. The van der Waals surface area contributed by atoms with Gasteiger partial charge in [-0.2, -0.15) is 0 Å². The lowest BCUT2D eigenvalue weighted by molar-refractivity contribution is -0.143. The zero-order valence-corrected chi connectivity index (χ0v) is 16.8. The lowest BCUT2D eigenvalue weighted by atomic mass is 10.0. The Morgan fingerprint density at radius 1 is 0.966 bits per heavy atom. The van der Waals surface area contributed by atoms with Crippen molar-refractivity contribution in [3.8, 4) is 0 Å². The van der Waals surface area contributed by atoms with Gasteiger partial charge < -0.3 is 14.7 Å². The summed E-state index contributed by atoms with van der Waals surface area (Å²) in [4.78, 5) is 37.3. The molecule has 0 spiro atoms. The first-order valence-corrected chi connectivity index (χ1v) is 10.5. The van der Waals surface area contributed by atoms with E-state index in [1.807, 2.05) is 46.2 Å². The normalized spacial score (nSPS) is 22.4. The van der Waals surface area contributed by atoms with Crippen molar-refractivity contribution in [2.24, 2.45) is 5.41 Å². The number of fused-ring (bicyclic) bond motifs is 1. The van der Waals surface area contributed by atoms with Crippen molar-refractivity contribution in [2.45, 2.75) is 32.2 Å². The summed E-state index contributed by atoms with van der Waals surface area (Å²) in [5.41, 5.74) is 1.32. The van der Waals surface area contributed by atoms with Crippen molar-refractivity contribution < 1.29 is 9.59 Å². The summed E-state index contributed by atoms with van der Waals surface area (Å²) in [6, 6.07) is 14.0. The zero-order chi connectivity index (χ0) is 20.0. The Morgan fingerprint density at radius 3 is 2.38 bits per heavy atom. The predicted molar refractivity (Wildman–Crippen MR) is 112 cm³/mol. The summed E-state index contributed by atoms with van der Waals surface area (Å²) >= 11 is 0. The number of rotatable bonds is 3. The highest BCUT2D eigenvalue weighted by molar-refractivity contribution is 6.15. The Bertz CT molecular complexity index is 933. The molecule has 0 N–H and O–H groups in total. The van der Waals surface area contributed by atoms with Gasteiger partial charge in [0.1, 0.15) is 11.2 Å². The van der Waals surface area contributed by atoms with Crippen LogP contribution in [0.4, 0.5) is 11.5 Å². The van der Waals surface area contributed by atoms with Gasteiger partial charge >= 0.3 is 0 Å². The summed E-state index contributed by atoms with van der Waals surface area (Å²) < 4.78 is 0. The number of amides is 2. The maximum Gasteiger partial charge on any atom is 0.242 e. The first kappa shape index (κ1) is 18.2. The van der Waals surface area contributed by atoms with Crippen LogP contribution in [-0.4, -0.2) is 53.9 Å². The molecule has 1 aromatic heterocycles. The first-order valence-electron chi connectivity index (χ1n) is 10.5. The summed E-state index contributed by atoms with van der Waals surface area (Å²) in [5, 5.41) is 0. The molecule has 0 radical (unpaired) electrons. The Hall–Kier alpha value is -2.89. The number of anilines is 2. The fourth-order valence-electron chi connectivity index (χ4n) is 4.73. The highest BCUT2D eigenvalue weighted by Crippen LogP contribution is 2.51. The summed E-state index contributed by atoms with van der Waals surface area (Å²) in [6.45, 7) is 4.84. The van der Waals surface area contributed by atoms with E-state index in [0.717, 1.165) is 31.0 Å². The molecule has 5 rings (SSSR count). The average molecular weight is 390 g/mol. The van der Waals surface area contributed by atoms with E-state index in [2.05, 4.69) is 22.9 Å². The van der Waals surface area contributed by atoms with E-state index in [4.69, 9.17) is 0 Å². The van der Waals surface area contributed by atoms with Gasteiger partial charge in [-0.3, -0.25) is 9.59 Å². The monoisotopic (exact) mass is 390 g/mol. The van der Waals surface area contributed by atoms with Crippen molar-refractivity contribution in [3.05, 3.63) is 54.2 Å². The molecule has 3 heterocycles. The topological polar surface area (TPSA) is 56.8 Å². The molecule has 150 valence electrons. The fourth-order valence-corrected chi connectivity index (χ4v) is 4.73. The molecule has 0 bridgehead atoms. The smallest absolute Gasteiger partial charge is 0.242 e. The van der Waals surface area contributed by atoms with Gasteiger partial charge in [-0.1, -0.05) is 24.3 Å². The molecule has 1 aromatic carbocycles. The van der Waals surface area contributed by atoms with Gasteiger partial charge in [-0.05, 0) is 49.9 Å². The molecule has 1 saturated carbocycles. The first-order chi connectivity index (χ1) is 14.1. The molecular weight excluding hydrogens is 364 g/mol.